The van der Waals surface area contributed by atoms with Gasteiger partial charge in [0, 0.05) is 28.8 Å². The molecule has 0 N–H and O–H groups in total. The van der Waals surface area contributed by atoms with Crippen molar-refractivity contribution in [2.45, 2.75) is 115 Å². The minimum Gasteiger partial charge on any atom is -0.331 e. The molecule has 0 aliphatic carbocycles. The summed E-state index contributed by atoms with van der Waals surface area (Å²) in [5.41, 5.74) is -1.78. The van der Waals surface area contributed by atoms with E-state index in [0.717, 1.165) is 0 Å². The minimum atomic E-state index is -1.06. The average molecular weight is 388 g/mol. The van der Waals surface area contributed by atoms with Gasteiger partial charge in [0.25, 0.3) is 0 Å². The van der Waals surface area contributed by atoms with E-state index in [2.05, 4.69) is 0 Å². The Balaban J connectivity index is 1.98. The second kappa shape index (κ2) is 7.22. The van der Waals surface area contributed by atoms with Crippen LogP contribution in [0.2, 0.25) is 0 Å². The van der Waals surface area contributed by atoms with Gasteiger partial charge in [-0.05, 0) is 81.1 Å². The van der Waals surface area contributed by atoms with Crippen molar-refractivity contribution in [2.75, 3.05) is 6.66 Å². The van der Waals surface area contributed by atoms with Gasteiger partial charge in [-0.1, -0.05) is 0 Å². The van der Waals surface area contributed by atoms with Crippen LogP contribution in [0.15, 0.2) is 0 Å². The van der Waals surface area contributed by atoms with Crippen LogP contribution in [-0.4, -0.2) is 51.2 Å². The molecule has 152 valence electrons. The maximum absolute atomic E-state index is 12.5. The predicted octanol–water partition coefficient (Wildman–Crippen LogP) is 4.70. The van der Waals surface area contributed by atoms with Crippen molar-refractivity contribution in [3.05, 3.63) is 0 Å². The lowest BCUT2D eigenvalue weighted by atomic mass is 9.80. The van der Waals surface area contributed by atoms with Gasteiger partial charge in [0.2, 0.25) is 0 Å². The van der Waals surface area contributed by atoms with Crippen LogP contribution in [0, 0.1) is 0 Å². The van der Waals surface area contributed by atoms with Gasteiger partial charge in [0.15, 0.2) is 8.38 Å². The first kappa shape index (κ1) is 22.5. The molecule has 0 bridgehead atoms. The van der Waals surface area contributed by atoms with E-state index in [0.29, 0.717) is 25.7 Å². The van der Waals surface area contributed by atoms with E-state index in [-0.39, 0.29) is 12.2 Å². The highest BCUT2D eigenvalue weighted by Gasteiger charge is 2.49. The first-order valence-electron chi connectivity index (χ1n) is 9.59. The second-order valence-electron chi connectivity index (χ2n) is 10.5. The summed E-state index contributed by atoms with van der Waals surface area (Å²) in [6.45, 7) is 17.8. The highest BCUT2D eigenvalue weighted by Crippen LogP contribution is 2.48. The van der Waals surface area contributed by atoms with E-state index in [1.165, 1.54) is 10.1 Å². The van der Waals surface area contributed by atoms with E-state index < -0.39 is 30.5 Å². The minimum absolute atomic E-state index is 0.0157. The summed E-state index contributed by atoms with van der Waals surface area (Å²) in [5, 5.41) is 27.4. The van der Waals surface area contributed by atoms with Crippen LogP contribution in [-0.2, 0) is 19.5 Å². The molecule has 7 heteroatoms. The quantitative estimate of drug-likeness (QED) is 0.655. The van der Waals surface area contributed by atoms with E-state index in [1.54, 1.807) is 0 Å². The molecular formula is C19H37N2O4P. The lowest BCUT2D eigenvalue weighted by Crippen LogP contribution is -2.60. The summed E-state index contributed by atoms with van der Waals surface area (Å²) in [7, 11) is -1.06. The van der Waals surface area contributed by atoms with Gasteiger partial charge >= 0.3 is 0 Å². The van der Waals surface area contributed by atoms with Crippen LogP contribution in [0.25, 0.3) is 0 Å². The van der Waals surface area contributed by atoms with Crippen LogP contribution >= 0.6 is 8.38 Å². The number of hydroxylamine groups is 4. The first-order valence-corrected chi connectivity index (χ1v) is 11.2. The molecule has 0 spiro atoms. The fourth-order valence-corrected chi connectivity index (χ4v) is 6.12. The van der Waals surface area contributed by atoms with Crippen LogP contribution in [0.4, 0.5) is 0 Å². The fraction of sp³-hybridized carbons (Fsp3) is 1.00. The molecule has 0 saturated carbocycles. The van der Waals surface area contributed by atoms with E-state index in [4.69, 9.17) is 9.05 Å². The maximum atomic E-state index is 12.5. The zero-order valence-corrected chi connectivity index (χ0v) is 18.9. The summed E-state index contributed by atoms with van der Waals surface area (Å²) in [6.07, 6.45) is 2.83. The molecule has 26 heavy (non-hydrogen) atoms. The second-order valence-corrected chi connectivity index (χ2v) is 11.9. The molecule has 0 aromatic rings. The third-order valence-electron chi connectivity index (χ3n) is 5.70. The molecule has 2 rings (SSSR count). The lowest BCUT2D eigenvalue weighted by molar-refractivity contribution is -0.299. The molecule has 0 atom stereocenters. The summed E-state index contributed by atoms with van der Waals surface area (Å²) in [5.74, 6) is 0. The Labute approximate surface area is 160 Å². The molecule has 2 heterocycles. The standard InChI is InChI=1S/C19H37N2O4P/c1-16(2)10-14(11-17(3,4)20(16)22)24-26(9)25-15-12-18(5,6)21(23)19(7,8)13-15/h14-15H,10-13H2,1-9H3. The van der Waals surface area contributed by atoms with Crippen molar-refractivity contribution >= 4 is 8.38 Å². The van der Waals surface area contributed by atoms with Gasteiger partial charge in [-0.2, -0.15) is 0 Å². The number of hydrogen-bond donors (Lipinski definition) is 0. The van der Waals surface area contributed by atoms with Crippen LogP contribution in [0.3, 0.4) is 0 Å². The van der Waals surface area contributed by atoms with Crippen LogP contribution in [0.1, 0.15) is 81.1 Å². The Morgan fingerprint density at radius 2 is 0.885 bits per heavy atom. The van der Waals surface area contributed by atoms with Crippen molar-refractivity contribution in [1.82, 2.24) is 10.1 Å². The molecule has 2 radical (unpaired) electrons. The average Bonchev–Trinajstić information content (AvgIpc) is 2.40. The zero-order valence-electron chi connectivity index (χ0n) is 18.0. The summed E-state index contributed by atoms with van der Waals surface area (Å²) < 4.78 is 12.5. The lowest BCUT2D eigenvalue weighted by Gasteiger charge is -2.51. The zero-order chi connectivity index (χ0) is 20.1. The molecular weight excluding hydrogens is 351 g/mol. The Hall–Kier alpha value is 0.190. The molecule has 0 aromatic carbocycles. The van der Waals surface area contributed by atoms with Crippen molar-refractivity contribution < 1.29 is 19.5 Å². The molecule has 0 unspecified atom stereocenters. The Bertz CT molecular complexity index is 430. The number of piperidine rings is 2. The van der Waals surface area contributed by atoms with Crippen molar-refractivity contribution in [2.24, 2.45) is 0 Å². The van der Waals surface area contributed by atoms with Crippen molar-refractivity contribution in [3.63, 3.8) is 0 Å². The Kier molecular flexibility index (Phi) is 6.24. The molecule has 2 fully saturated rings. The summed E-state index contributed by atoms with van der Waals surface area (Å²) >= 11 is 0. The van der Waals surface area contributed by atoms with E-state index in [9.17, 15) is 10.4 Å². The molecule has 2 aliphatic heterocycles. The van der Waals surface area contributed by atoms with Crippen molar-refractivity contribution in [3.8, 4) is 0 Å². The highest BCUT2D eigenvalue weighted by molar-refractivity contribution is 7.46. The number of nitrogens with zero attached hydrogens (tertiary/aromatic N) is 2. The number of rotatable bonds is 4. The van der Waals surface area contributed by atoms with Gasteiger partial charge < -0.3 is 9.05 Å². The molecule has 6 nitrogen and oxygen atoms in total. The van der Waals surface area contributed by atoms with Crippen molar-refractivity contribution in [1.29, 1.82) is 0 Å². The van der Waals surface area contributed by atoms with Crippen LogP contribution < -0.4 is 0 Å². The first-order chi connectivity index (χ1) is 11.6. The predicted molar refractivity (Wildman–Crippen MR) is 102 cm³/mol. The van der Waals surface area contributed by atoms with Gasteiger partial charge in [-0.3, -0.25) is 0 Å². The fourth-order valence-electron chi connectivity index (χ4n) is 4.94. The normalized spacial score (nSPS) is 30.0. The van der Waals surface area contributed by atoms with Crippen LogP contribution in [0.5, 0.6) is 0 Å². The largest absolute Gasteiger partial charge is 0.331 e. The Morgan fingerprint density at radius 1 is 0.654 bits per heavy atom. The highest BCUT2D eigenvalue weighted by atomic mass is 31.2. The van der Waals surface area contributed by atoms with E-state index >= 15 is 0 Å². The Morgan fingerprint density at radius 3 is 1.12 bits per heavy atom. The topological polar surface area (TPSA) is 64.7 Å². The smallest absolute Gasteiger partial charge is 0.167 e. The monoisotopic (exact) mass is 388 g/mol. The maximum Gasteiger partial charge on any atom is 0.167 e. The third kappa shape index (κ3) is 4.78. The van der Waals surface area contributed by atoms with Gasteiger partial charge in [-0.25, -0.2) is 0 Å². The van der Waals surface area contributed by atoms with Gasteiger partial charge in [0.05, 0.1) is 12.2 Å². The number of hydrogen-bond acceptors (Lipinski definition) is 4. The van der Waals surface area contributed by atoms with Gasteiger partial charge in [-0.15, -0.1) is 20.5 Å². The third-order valence-corrected chi connectivity index (χ3v) is 6.89. The van der Waals surface area contributed by atoms with E-state index in [1.807, 2.05) is 62.1 Å². The summed E-state index contributed by atoms with van der Waals surface area (Å²) in [6, 6.07) is 0. The molecule has 0 aromatic heterocycles. The SMILES string of the molecule is CP(OC1CC(C)(C)N([O])C(C)(C)C1)OC1CC(C)(C)N([O])C(C)(C)C1. The molecule has 2 aliphatic rings. The molecule has 2 saturated heterocycles. The van der Waals surface area contributed by atoms with Gasteiger partial charge in [0.1, 0.15) is 0 Å². The molecule has 0 amide bonds. The summed E-state index contributed by atoms with van der Waals surface area (Å²) in [4.78, 5) is 0.